The number of halogens is 4. The average molecular weight is 198 g/mol. The minimum absolute atomic E-state index is 0.422. The molecule has 0 saturated carbocycles. The number of H-pyrrole nitrogens is 1. The Morgan fingerprint density at radius 2 is 2.08 bits per heavy atom. The summed E-state index contributed by atoms with van der Waals surface area (Å²) in [4.78, 5) is 12.2. The van der Waals surface area contributed by atoms with Gasteiger partial charge in [-0.15, -0.1) is 0 Å². The van der Waals surface area contributed by atoms with Gasteiger partial charge in [-0.05, 0) is 6.07 Å². The lowest BCUT2D eigenvalue weighted by molar-refractivity contribution is 0.150. The molecule has 1 N–H and O–H groups in total. The molecule has 0 fully saturated rings. The fourth-order valence-corrected chi connectivity index (χ4v) is 0.879. The maximum Gasteiger partial charge on any atom is 0.285 e. The van der Waals surface area contributed by atoms with Gasteiger partial charge >= 0.3 is 0 Å². The lowest BCUT2D eigenvalue weighted by Gasteiger charge is -2.00. The first-order valence-electron chi connectivity index (χ1n) is 2.88. The van der Waals surface area contributed by atoms with Crippen molar-refractivity contribution in [2.75, 3.05) is 0 Å². The first-order chi connectivity index (χ1) is 5.52. The molecule has 2 nitrogen and oxygen atoms in total. The highest BCUT2D eigenvalue weighted by Gasteiger charge is 2.14. The summed E-state index contributed by atoms with van der Waals surface area (Å²) >= 11 is 5.19. The Morgan fingerprint density at radius 1 is 1.50 bits per heavy atom. The first-order valence-corrected chi connectivity index (χ1v) is 3.26. The van der Waals surface area contributed by atoms with Gasteiger partial charge in [-0.2, -0.15) is 0 Å². The van der Waals surface area contributed by atoms with Gasteiger partial charge in [0.15, 0.2) is 5.82 Å². The van der Waals surface area contributed by atoms with Gasteiger partial charge in [0.1, 0.15) is 5.15 Å². The maximum atomic E-state index is 12.4. The van der Waals surface area contributed by atoms with E-state index in [2.05, 4.69) is 0 Å². The fraction of sp³-hybridized carbons (Fsp3) is 0.167. The molecule has 0 spiro atoms. The van der Waals surface area contributed by atoms with Gasteiger partial charge in [-0.3, -0.25) is 4.79 Å². The van der Waals surface area contributed by atoms with Crippen LogP contribution in [0.25, 0.3) is 0 Å². The monoisotopic (exact) mass is 197 g/mol. The number of aromatic nitrogens is 1. The van der Waals surface area contributed by atoms with Crippen LogP contribution in [0.2, 0.25) is 5.15 Å². The van der Waals surface area contributed by atoms with Crippen LogP contribution in [0.15, 0.2) is 10.9 Å². The van der Waals surface area contributed by atoms with Crippen molar-refractivity contribution in [2.45, 2.75) is 6.43 Å². The third kappa shape index (κ3) is 1.61. The summed E-state index contributed by atoms with van der Waals surface area (Å²) in [6.45, 7) is 0. The van der Waals surface area contributed by atoms with Gasteiger partial charge in [-0.25, -0.2) is 13.2 Å². The number of nitrogens with one attached hydrogen (secondary N) is 1. The van der Waals surface area contributed by atoms with Crippen LogP contribution in [0.3, 0.4) is 0 Å². The van der Waals surface area contributed by atoms with Crippen molar-refractivity contribution in [1.82, 2.24) is 4.98 Å². The Bertz CT molecular complexity index is 349. The normalized spacial score (nSPS) is 10.8. The van der Waals surface area contributed by atoms with E-state index in [1.807, 2.05) is 0 Å². The van der Waals surface area contributed by atoms with Crippen LogP contribution in [-0.2, 0) is 0 Å². The minimum Gasteiger partial charge on any atom is -0.310 e. The molecule has 1 heterocycles. The lowest BCUT2D eigenvalue weighted by Crippen LogP contribution is -2.11. The number of pyridine rings is 1. The van der Waals surface area contributed by atoms with E-state index < -0.39 is 28.5 Å². The Kier molecular flexibility index (Phi) is 2.42. The molecule has 0 aliphatic heterocycles. The van der Waals surface area contributed by atoms with Gasteiger partial charge in [0.05, 0.1) is 5.56 Å². The number of rotatable bonds is 1. The lowest BCUT2D eigenvalue weighted by atomic mass is 10.3. The molecule has 0 amide bonds. The molecule has 0 aliphatic rings. The standard InChI is InChI=1S/C6H3ClF3NO/c7-4-2(5(9)10)1-3(8)6(12)11-4/h1,5H,(H,11,12). The number of hydrogen-bond donors (Lipinski definition) is 1. The van der Waals surface area contributed by atoms with Gasteiger partial charge < -0.3 is 4.98 Å². The molecule has 0 unspecified atom stereocenters. The van der Waals surface area contributed by atoms with Crippen LogP contribution in [0.5, 0.6) is 0 Å². The average Bonchev–Trinajstić information content (AvgIpc) is 1.96. The fourth-order valence-electron chi connectivity index (χ4n) is 0.656. The van der Waals surface area contributed by atoms with Crippen LogP contribution in [0.4, 0.5) is 13.2 Å². The van der Waals surface area contributed by atoms with Gasteiger partial charge in [0.2, 0.25) is 0 Å². The van der Waals surface area contributed by atoms with Crippen molar-refractivity contribution in [1.29, 1.82) is 0 Å². The second-order valence-electron chi connectivity index (χ2n) is 2.02. The molecular weight excluding hydrogens is 195 g/mol. The Hall–Kier alpha value is -0.970. The van der Waals surface area contributed by atoms with Crippen LogP contribution < -0.4 is 5.56 Å². The molecule has 12 heavy (non-hydrogen) atoms. The van der Waals surface area contributed by atoms with Crippen molar-refractivity contribution in [3.63, 3.8) is 0 Å². The van der Waals surface area contributed by atoms with E-state index in [1.165, 1.54) is 0 Å². The van der Waals surface area contributed by atoms with E-state index in [9.17, 15) is 18.0 Å². The predicted molar refractivity (Wildman–Crippen MR) is 37.0 cm³/mol. The SMILES string of the molecule is O=c1[nH]c(Cl)c(C(F)F)cc1F. The molecule has 0 radical (unpaired) electrons. The Balaban J connectivity index is 3.33. The summed E-state index contributed by atoms with van der Waals surface area (Å²) in [5.74, 6) is -1.27. The van der Waals surface area contributed by atoms with Crippen LogP contribution in [0.1, 0.15) is 12.0 Å². The minimum atomic E-state index is -2.90. The molecule has 66 valence electrons. The number of hydrogen-bond acceptors (Lipinski definition) is 1. The molecule has 1 rings (SSSR count). The van der Waals surface area contributed by atoms with E-state index in [-0.39, 0.29) is 0 Å². The van der Waals surface area contributed by atoms with Crippen molar-refractivity contribution in [3.8, 4) is 0 Å². The van der Waals surface area contributed by atoms with Gasteiger partial charge in [0.25, 0.3) is 12.0 Å². The predicted octanol–water partition coefficient (Wildman–Crippen LogP) is 2.10. The number of alkyl halides is 2. The quantitative estimate of drug-likeness (QED) is 0.687. The molecule has 6 heteroatoms. The topological polar surface area (TPSA) is 32.9 Å². The van der Waals surface area contributed by atoms with Gasteiger partial charge in [-0.1, -0.05) is 11.6 Å². The molecule has 0 saturated heterocycles. The van der Waals surface area contributed by atoms with E-state index in [0.29, 0.717) is 6.07 Å². The van der Waals surface area contributed by atoms with E-state index in [1.54, 1.807) is 4.98 Å². The van der Waals surface area contributed by atoms with Crippen molar-refractivity contribution in [2.24, 2.45) is 0 Å². The largest absolute Gasteiger partial charge is 0.310 e. The summed E-state index contributed by atoms with van der Waals surface area (Å²) in [6.07, 6.45) is -2.90. The smallest absolute Gasteiger partial charge is 0.285 e. The molecular formula is C6H3ClF3NO. The summed E-state index contributed by atoms with van der Waals surface area (Å²) in [6, 6.07) is 0.422. The van der Waals surface area contributed by atoms with E-state index in [4.69, 9.17) is 11.6 Å². The first kappa shape index (κ1) is 9.12. The molecule has 0 aromatic carbocycles. The van der Waals surface area contributed by atoms with Gasteiger partial charge in [0, 0.05) is 0 Å². The van der Waals surface area contributed by atoms with Crippen molar-refractivity contribution >= 4 is 11.6 Å². The highest BCUT2D eigenvalue weighted by molar-refractivity contribution is 6.30. The zero-order chi connectivity index (χ0) is 9.30. The third-order valence-corrected chi connectivity index (χ3v) is 1.52. The third-order valence-electron chi connectivity index (χ3n) is 1.21. The highest BCUT2D eigenvalue weighted by atomic mass is 35.5. The van der Waals surface area contributed by atoms with Crippen molar-refractivity contribution in [3.05, 3.63) is 33.0 Å². The maximum absolute atomic E-state index is 12.4. The Labute approximate surface area is 70.0 Å². The summed E-state index contributed by atoms with van der Waals surface area (Å²) in [5, 5.41) is -0.531. The second kappa shape index (κ2) is 3.18. The molecule has 1 aromatic heterocycles. The molecule has 0 atom stereocenters. The summed E-state index contributed by atoms with van der Waals surface area (Å²) in [5.41, 5.74) is -1.82. The van der Waals surface area contributed by atoms with Crippen LogP contribution >= 0.6 is 11.6 Å². The second-order valence-corrected chi connectivity index (χ2v) is 2.39. The zero-order valence-electron chi connectivity index (χ0n) is 5.57. The van der Waals surface area contributed by atoms with Crippen molar-refractivity contribution < 1.29 is 13.2 Å². The summed E-state index contributed by atoms with van der Waals surface area (Å²) < 4.78 is 36.3. The Morgan fingerprint density at radius 3 is 2.58 bits per heavy atom. The number of aromatic amines is 1. The zero-order valence-corrected chi connectivity index (χ0v) is 6.33. The van der Waals surface area contributed by atoms with E-state index in [0.717, 1.165) is 0 Å². The van der Waals surface area contributed by atoms with E-state index >= 15 is 0 Å². The molecule has 1 aromatic rings. The highest BCUT2D eigenvalue weighted by Crippen LogP contribution is 2.23. The molecule has 0 aliphatic carbocycles. The van der Waals surface area contributed by atoms with Crippen LogP contribution in [0, 0.1) is 5.82 Å². The molecule has 0 bridgehead atoms. The summed E-state index contributed by atoms with van der Waals surface area (Å²) in [7, 11) is 0. The van der Waals surface area contributed by atoms with Crippen LogP contribution in [-0.4, -0.2) is 4.98 Å².